The fourth-order valence-electron chi connectivity index (χ4n) is 3.57. The highest BCUT2D eigenvalue weighted by Gasteiger charge is 2.39. The lowest BCUT2D eigenvalue weighted by Crippen LogP contribution is -2.36. The average molecular weight is 261 g/mol. The molecule has 2 N–H and O–H groups in total. The fraction of sp³-hybridized carbons (Fsp3) is 0.667. The zero-order chi connectivity index (χ0) is 14.6. The van der Waals surface area contributed by atoms with Gasteiger partial charge in [-0.3, -0.25) is 0 Å². The van der Waals surface area contributed by atoms with E-state index in [1.807, 2.05) is 13.8 Å². The topological polar surface area (TPSA) is 26.0 Å². The first-order valence-corrected chi connectivity index (χ1v) is 7.91. The molecule has 1 aliphatic rings. The number of rotatable bonds is 2. The van der Waals surface area contributed by atoms with Crippen LogP contribution >= 0.6 is 0 Å². The minimum absolute atomic E-state index is 0.344. The van der Waals surface area contributed by atoms with Crippen molar-refractivity contribution < 1.29 is 0 Å². The van der Waals surface area contributed by atoms with Crippen molar-refractivity contribution in [3.05, 3.63) is 29.3 Å². The van der Waals surface area contributed by atoms with E-state index in [9.17, 15) is 0 Å². The molecule has 1 heteroatoms. The summed E-state index contributed by atoms with van der Waals surface area (Å²) in [4.78, 5) is 0. The molecule has 2 unspecified atom stereocenters. The number of hydrogen-bond acceptors (Lipinski definition) is 1. The molecule has 19 heavy (non-hydrogen) atoms. The van der Waals surface area contributed by atoms with Crippen LogP contribution in [0.15, 0.2) is 18.2 Å². The van der Waals surface area contributed by atoms with Gasteiger partial charge in [-0.1, -0.05) is 47.6 Å². The van der Waals surface area contributed by atoms with E-state index >= 15 is 0 Å². The van der Waals surface area contributed by atoms with E-state index in [-0.39, 0.29) is 0 Å². The van der Waals surface area contributed by atoms with Crippen molar-refractivity contribution >= 4 is 5.69 Å². The molecule has 0 saturated carbocycles. The summed E-state index contributed by atoms with van der Waals surface area (Å²) >= 11 is 0. The Morgan fingerprint density at radius 2 is 1.95 bits per heavy atom. The molecule has 1 aromatic rings. The van der Waals surface area contributed by atoms with E-state index in [4.69, 9.17) is 5.73 Å². The van der Waals surface area contributed by atoms with E-state index in [2.05, 4.69) is 45.9 Å². The first kappa shape index (κ1) is 16.1. The highest BCUT2D eigenvalue weighted by Crippen LogP contribution is 2.49. The lowest BCUT2D eigenvalue weighted by molar-refractivity contribution is 0.243. The Balaban J connectivity index is 0.000000861. The maximum absolute atomic E-state index is 6.00. The van der Waals surface area contributed by atoms with E-state index in [0.29, 0.717) is 17.3 Å². The molecule has 0 saturated heterocycles. The maximum Gasteiger partial charge on any atom is 0.0317 e. The van der Waals surface area contributed by atoms with Gasteiger partial charge in [0.2, 0.25) is 0 Å². The standard InChI is InChI=1S/C16H25N.C2H6/c1-5-16(11(2)3)9-8-12(4)14-7-6-13(17)10-15(14)16;1-2/h6-7,10-12H,5,8-9,17H2,1-4H3;1-2H3. The molecule has 0 heterocycles. The highest BCUT2D eigenvalue weighted by atomic mass is 14.6. The smallest absolute Gasteiger partial charge is 0.0317 e. The van der Waals surface area contributed by atoms with Gasteiger partial charge in [-0.05, 0) is 59.8 Å². The Hall–Kier alpha value is -0.980. The molecule has 0 fully saturated rings. The van der Waals surface area contributed by atoms with Crippen LogP contribution in [0.2, 0.25) is 0 Å². The Kier molecular flexibility index (Phi) is 5.46. The van der Waals surface area contributed by atoms with Crippen molar-refractivity contribution in [1.29, 1.82) is 0 Å². The molecule has 108 valence electrons. The molecule has 0 bridgehead atoms. The lowest BCUT2D eigenvalue weighted by Gasteiger charge is -2.44. The van der Waals surface area contributed by atoms with Gasteiger partial charge >= 0.3 is 0 Å². The molecular weight excluding hydrogens is 230 g/mol. The summed E-state index contributed by atoms with van der Waals surface area (Å²) in [5.74, 6) is 1.37. The number of benzene rings is 1. The fourth-order valence-corrected chi connectivity index (χ4v) is 3.57. The highest BCUT2D eigenvalue weighted by molar-refractivity contribution is 5.50. The van der Waals surface area contributed by atoms with Gasteiger partial charge in [-0.25, -0.2) is 0 Å². The van der Waals surface area contributed by atoms with Gasteiger partial charge in [0.25, 0.3) is 0 Å². The normalized spacial score (nSPS) is 25.5. The second-order valence-electron chi connectivity index (χ2n) is 5.95. The second-order valence-corrected chi connectivity index (χ2v) is 5.95. The maximum atomic E-state index is 6.00. The van der Waals surface area contributed by atoms with Gasteiger partial charge in [-0.2, -0.15) is 0 Å². The Morgan fingerprint density at radius 3 is 2.47 bits per heavy atom. The van der Waals surface area contributed by atoms with E-state index < -0.39 is 0 Å². The summed E-state index contributed by atoms with van der Waals surface area (Å²) in [6.07, 6.45) is 3.83. The molecule has 0 aromatic heterocycles. The summed E-state index contributed by atoms with van der Waals surface area (Å²) in [6.45, 7) is 13.4. The summed E-state index contributed by atoms with van der Waals surface area (Å²) in [5.41, 5.74) is 10.3. The molecule has 2 rings (SSSR count). The molecule has 1 nitrogen and oxygen atoms in total. The molecule has 1 aromatic carbocycles. The summed E-state index contributed by atoms with van der Waals surface area (Å²) in [6, 6.07) is 6.54. The molecule has 0 aliphatic heterocycles. The van der Waals surface area contributed by atoms with Crippen molar-refractivity contribution in [2.75, 3.05) is 5.73 Å². The third-order valence-electron chi connectivity index (χ3n) is 4.90. The van der Waals surface area contributed by atoms with Gasteiger partial charge in [0.05, 0.1) is 0 Å². The van der Waals surface area contributed by atoms with Crippen LogP contribution < -0.4 is 5.73 Å². The van der Waals surface area contributed by atoms with Gasteiger partial charge in [0, 0.05) is 5.69 Å². The predicted octanol–water partition coefficient (Wildman–Crippen LogP) is 5.50. The van der Waals surface area contributed by atoms with Gasteiger partial charge < -0.3 is 5.73 Å². The average Bonchev–Trinajstić information content (AvgIpc) is 2.41. The van der Waals surface area contributed by atoms with Gasteiger partial charge in [-0.15, -0.1) is 0 Å². The zero-order valence-electron chi connectivity index (χ0n) is 13.6. The van der Waals surface area contributed by atoms with E-state index in [1.54, 1.807) is 0 Å². The first-order chi connectivity index (χ1) is 9.01. The predicted molar refractivity (Wildman–Crippen MR) is 86.7 cm³/mol. The Bertz CT molecular complexity index is 408. The molecule has 1 aliphatic carbocycles. The first-order valence-electron chi connectivity index (χ1n) is 7.91. The van der Waals surface area contributed by atoms with Crippen molar-refractivity contribution in [3.63, 3.8) is 0 Å². The number of fused-ring (bicyclic) bond motifs is 1. The molecule has 0 spiro atoms. The number of anilines is 1. The van der Waals surface area contributed by atoms with Gasteiger partial charge in [0.15, 0.2) is 0 Å². The van der Waals surface area contributed by atoms with E-state index in [1.165, 1.54) is 30.4 Å². The minimum Gasteiger partial charge on any atom is -0.399 e. The van der Waals surface area contributed by atoms with Gasteiger partial charge in [0.1, 0.15) is 0 Å². The molecule has 2 atom stereocenters. The monoisotopic (exact) mass is 261 g/mol. The van der Waals surface area contributed by atoms with Crippen molar-refractivity contribution in [2.24, 2.45) is 5.92 Å². The third kappa shape index (κ3) is 2.80. The van der Waals surface area contributed by atoms with Crippen LogP contribution in [0.25, 0.3) is 0 Å². The van der Waals surface area contributed by atoms with Crippen LogP contribution in [0.1, 0.15) is 77.8 Å². The summed E-state index contributed by atoms with van der Waals surface area (Å²) in [7, 11) is 0. The number of hydrogen-bond donors (Lipinski definition) is 1. The molecule has 0 radical (unpaired) electrons. The Morgan fingerprint density at radius 1 is 1.32 bits per heavy atom. The van der Waals surface area contributed by atoms with Crippen molar-refractivity contribution in [3.8, 4) is 0 Å². The van der Waals surface area contributed by atoms with Crippen molar-refractivity contribution in [2.45, 2.75) is 72.1 Å². The Labute approximate surface area is 119 Å². The van der Waals surface area contributed by atoms with Crippen LogP contribution in [-0.2, 0) is 5.41 Å². The van der Waals surface area contributed by atoms with Crippen LogP contribution in [0.4, 0.5) is 5.69 Å². The van der Waals surface area contributed by atoms with Crippen LogP contribution in [0, 0.1) is 5.92 Å². The lowest BCUT2D eigenvalue weighted by atomic mass is 9.60. The molecular formula is C18H31N. The minimum atomic E-state index is 0.344. The summed E-state index contributed by atoms with van der Waals surface area (Å²) in [5, 5.41) is 0. The van der Waals surface area contributed by atoms with Crippen molar-refractivity contribution in [1.82, 2.24) is 0 Å². The largest absolute Gasteiger partial charge is 0.399 e. The summed E-state index contributed by atoms with van der Waals surface area (Å²) < 4.78 is 0. The van der Waals surface area contributed by atoms with Crippen LogP contribution in [0.5, 0.6) is 0 Å². The second kappa shape index (κ2) is 6.45. The van der Waals surface area contributed by atoms with Crippen LogP contribution in [0.3, 0.4) is 0 Å². The quantitative estimate of drug-likeness (QED) is 0.699. The SMILES string of the molecule is CC.CCC1(C(C)C)CCC(C)c2ccc(N)cc21. The third-order valence-corrected chi connectivity index (χ3v) is 4.90. The molecule has 0 amide bonds. The number of nitrogen functional groups attached to an aromatic ring is 1. The van der Waals surface area contributed by atoms with Crippen LogP contribution in [-0.4, -0.2) is 0 Å². The number of nitrogens with two attached hydrogens (primary N) is 1. The zero-order valence-corrected chi connectivity index (χ0v) is 13.6. The van der Waals surface area contributed by atoms with E-state index in [0.717, 1.165) is 5.69 Å².